The Morgan fingerprint density at radius 3 is 2.33 bits per heavy atom. The van der Waals surface area contributed by atoms with Crippen molar-refractivity contribution in [2.75, 3.05) is 14.2 Å². The van der Waals surface area contributed by atoms with Crippen LogP contribution in [-0.2, 0) is 0 Å². The molecule has 4 nitrogen and oxygen atoms in total. The molecule has 0 unspecified atom stereocenters. The minimum atomic E-state index is -1.41. The molecule has 0 saturated carbocycles. The Morgan fingerprint density at radius 2 is 1.93 bits per heavy atom. The molecule has 0 aliphatic heterocycles. The first-order valence-electron chi connectivity index (χ1n) is 3.86. The largest absolute Gasteiger partial charge is 0.492 e. The maximum Gasteiger partial charge on any atom is 0.342 e. The molecule has 1 aromatic carbocycles. The Morgan fingerprint density at radius 1 is 1.40 bits per heavy atom. The predicted octanol–water partition coefficient (Wildman–Crippen LogP) is 2.30. The van der Waals surface area contributed by atoms with Gasteiger partial charge in [0.25, 0.3) is 0 Å². The number of carboxylic acids is 1. The molecule has 15 heavy (non-hydrogen) atoms. The van der Waals surface area contributed by atoms with Crippen molar-refractivity contribution < 1.29 is 23.8 Å². The molecule has 0 aliphatic rings. The molecule has 0 aliphatic carbocycles. The van der Waals surface area contributed by atoms with Crippen LogP contribution >= 0.6 is 15.9 Å². The van der Waals surface area contributed by atoms with Crippen LogP contribution in [0, 0.1) is 5.82 Å². The fourth-order valence-corrected chi connectivity index (χ4v) is 1.71. The molecule has 0 fully saturated rings. The number of aromatic carboxylic acids is 1. The van der Waals surface area contributed by atoms with Gasteiger partial charge in [0, 0.05) is 0 Å². The topological polar surface area (TPSA) is 55.8 Å². The van der Waals surface area contributed by atoms with Gasteiger partial charge in [-0.25, -0.2) is 9.18 Å². The van der Waals surface area contributed by atoms with E-state index in [0.29, 0.717) is 4.47 Å². The molecule has 1 rings (SSSR count). The summed E-state index contributed by atoms with van der Waals surface area (Å²) >= 11 is 3.04. The zero-order valence-corrected chi connectivity index (χ0v) is 9.59. The summed E-state index contributed by atoms with van der Waals surface area (Å²) < 4.78 is 23.3. The van der Waals surface area contributed by atoms with E-state index in [1.807, 2.05) is 0 Å². The SMILES string of the molecule is COc1c(Br)cc(F)c(C(=O)O)c1OC. The van der Waals surface area contributed by atoms with Gasteiger partial charge >= 0.3 is 5.97 Å². The monoisotopic (exact) mass is 278 g/mol. The molecule has 0 amide bonds. The number of carboxylic acid groups (broad SMARTS) is 1. The molecule has 0 atom stereocenters. The van der Waals surface area contributed by atoms with Crippen molar-refractivity contribution in [2.45, 2.75) is 0 Å². The van der Waals surface area contributed by atoms with E-state index in [4.69, 9.17) is 14.6 Å². The summed E-state index contributed by atoms with van der Waals surface area (Å²) in [4.78, 5) is 10.8. The van der Waals surface area contributed by atoms with Gasteiger partial charge < -0.3 is 14.6 Å². The van der Waals surface area contributed by atoms with Crippen LogP contribution in [0.2, 0.25) is 0 Å². The molecular formula is C9H8BrFO4. The summed E-state index contributed by atoms with van der Waals surface area (Å²) in [5, 5.41) is 8.80. The van der Waals surface area contributed by atoms with Gasteiger partial charge in [-0.15, -0.1) is 0 Å². The van der Waals surface area contributed by atoms with Crippen LogP contribution in [-0.4, -0.2) is 25.3 Å². The number of hydrogen-bond acceptors (Lipinski definition) is 3. The second-order valence-corrected chi connectivity index (χ2v) is 3.44. The first kappa shape index (κ1) is 11.8. The lowest BCUT2D eigenvalue weighted by atomic mass is 10.1. The molecule has 0 spiro atoms. The quantitative estimate of drug-likeness (QED) is 0.922. The molecule has 82 valence electrons. The second kappa shape index (κ2) is 4.48. The number of carbonyl (C=O) groups is 1. The lowest BCUT2D eigenvalue weighted by Crippen LogP contribution is -2.06. The Labute approximate surface area is 93.7 Å². The van der Waals surface area contributed by atoms with Gasteiger partial charge in [-0.1, -0.05) is 0 Å². The third kappa shape index (κ3) is 2.04. The summed E-state index contributed by atoms with van der Waals surface area (Å²) in [6.45, 7) is 0. The predicted molar refractivity (Wildman–Crippen MR) is 54.2 cm³/mol. The normalized spacial score (nSPS) is 9.87. The van der Waals surface area contributed by atoms with Crippen LogP contribution < -0.4 is 9.47 Å². The van der Waals surface area contributed by atoms with Crippen molar-refractivity contribution in [1.29, 1.82) is 0 Å². The van der Waals surface area contributed by atoms with Crippen LogP contribution in [0.3, 0.4) is 0 Å². The minimum Gasteiger partial charge on any atom is -0.492 e. The number of ether oxygens (including phenoxy) is 2. The zero-order chi connectivity index (χ0) is 11.6. The van der Waals surface area contributed by atoms with Crippen molar-refractivity contribution >= 4 is 21.9 Å². The summed E-state index contributed by atoms with van der Waals surface area (Å²) in [6, 6.07) is 1.02. The third-order valence-corrected chi connectivity index (χ3v) is 2.35. The van der Waals surface area contributed by atoms with E-state index in [2.05, 4.69) is 15.9 Å². The maximum absolute atomic E-state index is 13.3. The van der Waals surface area contributed by atoms with Crippen LogP contribution in [0.5, 0.6) is 11.5 Å². The maximum atomic E-state index is 13.3. The Bertz CT molecular complexity index is 406. The highest BCUT2D eigenvalue weighted by molar-refractivity contribution is 9.10. The second-order valence-electron chi connectivity index (χ2n) is 2.59. The summed E-state index contributed by atoms with van der Waals surface area (Å²) in [5.41, 5.74) is -0.544. The molecule has 1 aromatic rings. The Hall–Kier alpha value is -1.30. The first-order chi connectivity index (χ1) is 7.02. The third-order valence-electron chi connectivity index (χ3n) is 1.76. The smallest absolute Gasteiger partial charge is 0.342 e. The average molecular weight is 279 g/mol. The summed E-state index contributed by atoms with van der Waals surface area (Å²) in [5.74, 6) is -2.28. The molecule has 0 bridgehead atoms. The number of hydrogen-bond donors (Lipinski definition) is 1. The summed E-state index contributed by atoms with van der Waals surface area (Å²) in [7, 11) is 2.59. The van der Waals surface area contributed by atoms with E-state index < -0.39 is 17.3 Å². The van der Waals surface area contributed by atoms with E-state index in [1.54, 1.807) is 0 Å². The average Bonchev–Trinajstić information content (AvgIpc) is 2.15. The van der Waals surface area contributed by atoms with Crippen molar-refractivity contribution in [3.05, 3.63) is 21.9 Å². The van der Waals surface area contributed by atoms with E-state index in [0.717, 1.165) is 6.07 Å². The summed E-state index contributed by atoms with van der Waals surface area (Å²) in [6.07, 6.45) is 0. The van der Waals surface area contributed by atoms with Gasteiger partial charge in [0.1, 0.15) is 11.4 Å². The van der Waals surface area contributed by atoms with Crippen LogP contribution in [0.4, 0.5) is 4.39 Å². The van der Waals surface area contributed by atoms with Gasteiger partial charge in [-0.3, -0.25) is 0 Å². The molecule has 0 radical (unpaired) electrons. The number of rotatable bonds is 3. The Balaban J connectivity index is 3.56. The van der Waals surface area contributed by atoms with Crippen molar-refractivity contribution in [1.82, 2.24) is 0 Å². The van der Waals surface area contributed by atoms with Gasteiger partial charge in [-0.2, -0.15) is 0 Å². The zero-order valence-electron chi connectivity index (χ0n) is 8.01. The van der Waals surface area contributed by atoms with Crippen molar-refractivity contribution in [3.63, 3.8) is 0 Å². The van der Waals surface area contributed by atoms with E-state index >= 15 is 0 Å². The van der Waals surface area contributed by atoms with Crippen molar-refractivity contribution in [3.8, 4) is 11.5 Å². The highest BCUT2D eigenvalue weighted by Crippen LogP contribution is 2.39. The van der Waals surface area contributed by atoms with Gasteiger partial charge in [0.15, 0.2) is 11.5 Å². The van der Waals surface area contributed by atoms with E-state index in [1.165, 1.54) is 14.2 Å². The Kier molecular flexibility index (Phi) is 3.52. The van der Waals surface area contributed by atoms with Gasteiger partial charge in [-0.05, 0) is 22.0 Å². The standard InChI is InChI=1S/C9H8BrFO4/c1-14-7-4(10)3-5(11)6(9(12)13)8(7)15-2/h3H,1-2H3,(H,12,13). The molecule has 0 aromatic heterocycles. The van der Waals surface area contributed by atoms with Crippen molar-refractivity contribution in [2.24, 2.45) is 0 Å². The lowest BCUT2D eigenvalue weighted by molar-refractivity contribution is 0.0687. The van der Waals surface area contributed by atoms with E-state index in [-0.39, 0.29) is 11.5 Å². The number of halogens is 2. The van der Waals surface area contributed by atoms with Crippen LogP contribution in [0.15, 0.2) is 10.5 Å². The fourth-order valence-electron chi connectivity index (χ4n) is 1.16. The highest BCUT2D eigenvalue weighted by atomic mass is 79.9. The van der Waals surface area contributed by atoms with E-state index in [9.17, 15) is 9.18 Å². The molecule has 0 saturated heterocycles. The molecule has 6 heteroatoms. The van der Waals surface area contributed by atoms with Crippen LogP contribution in [0.1, 0.15) is 10.4 Å². The van der Waals surface area contributed by atoms with Gasteiger partial charge in [0.2, 0.25) is 0 Å². The number of methoxy groups -OCH3 is 2. The fraction of sp³-hybridized carbons (Fsp3) is 0.222. The van der Waals surface area contributed by atoms with Gasteiger partial charge in [0.05, 0.1) is 18.7 Å². The van der Waals surface area contributed by atoms with Crippen LogP contribution in [0.25, 0.3) is 0 Å². The highest BCUT2D eigenvalue weighted by Gasteiger charge is 2.23. The molecule has 1 N–H and O–H groups in total. The molecule has 0 heterocycles. The minimum absolute atomic E-state index is 0.142. The molecular weight excluding hydrogens is 271 g/mol. The number of benzene rings is 1. The first-order valence-corrected chi connectivity index (χ1v) is 4.65. The lowest BCUT2D eigenvalue weighted by Gasteiger charge is -2.12.